The van der Waals surface area contributed by atoms with Crippen molar-refractivity contribution in [3.05, 3.63) is 11.6 Å². The fourth-order valence-electron chi connectivity index (χ4n) is 9.02. The molecule has 0 amide bonds. The van der Waals surface area contributed by atoms with Crippen molar-refractivity contribution in [1.29, 1.82) is 0 Å². The SMILES string of the molecule is C[C@@H]1C[C@@]2(C)C(=CC[C@H]3[C@@H]4CC[C@H]([C@H](C)OC5CCCOC5)[C@@]4(C)CC[C@@H]32)C[C@H]1O. The molecule has 30 heavy (non-hydrogen) atoms. The summed E-state index contributed by atoms with van der Waals surface area (Å²) >= 11 is 0. The van der Waals surface area contributed by atoms with E-state index in [1.165, 1.54) is 38.5 Å². The van der Waals surface area contributed by atoms with Gasteiger partial charge in [-0.3, -0.25) is 0 Å². The van der Waals surface area contributed by atoms with Gasteiger partial charge in [0.1, 0.15) is 0 Å². The van der Waals surface area contributed by atoms with Gasteiger partial charge in [-0.15, -0.1) is 0 Å². The monoisotopic (exact) mass is 416 g/mol. The molecule has 4 fully saturated rings. The molecular weight excluding hydrogens is 372 g/mol. The third kappa shape index (κ3) is 3.33. The molecule has 5 aliphatic rings. The molecule has 0 bridgehead atoms. The summed E-state index contributed by atoms with van der Waals surface area (Å²) in [6.45, 7) is 11.5. The minimum atomic E-state index is -0.132. The second kappa shape index (κ2) is 7.89. The molecule has 0 spiro atoms. The smallest absolute Gasteiger partial charge is 0.0813 e. The van der Waals surface area contributed by atoms with Crippen molar-refractivity contribution >= 4 is 0 Å². The highest BCUT2D eigenvalue weighted by Crippen LogP contribution is 2.67. The van der Waals surface area contributed by atoms with Crippen molar-refractivity contribution in [2.75, 3.05) is 13.2 Å². The average molecular weight is 417 g/mol. The zero-order valence-corrected chi connectivity index (χ0v) is 19.7. The minimum absolute atomic E-state index is 0.132. The molecule has 0 radical (unpaired) electrons. The van der Waals surface area contributed by atoms with Crippen LogP contribution in [0.2, 0.25) is 0 Å². The fraction of sp³-hybridized carbons (Fsp3) is 0.926. The predicted molar refractivity (Wildman–Crippen MR) is 120 cm³/mol. The molecule has 3 heteroatoms. The van der Waals surface area contributed by atoms with Crippen LogP contribution >= 0.6 is 0 Å². The van der Waals surface area contributed by atoms with E-state index in [9.17, 15) is 5.11 Å². The van der Waals surface area contributed by atoms with Gasteiger partial charge >= 0.3 is 0 Å². The van der Waals surface area contributed by atoms with Gasteiger partial charge in [-0.1, -0.05) is 32.4 Å². The second-order valence-electron chi connectivity index (χ2n) is 12.1. The van der Waals surface area contributed by atoms with E-state index in [4.69, 9.17) is 9.47 Å². The molecule has 4 aliphatic carbocycles. The Morgan fingerprint density at radius 2 is 2.00 bits per heavy atom. The standard InChI is InChI=1S/C27H44O3/c1-17-15-27(4)19(14-25(17)28)7-8-21-23-10-9-22(26(23,3)12-11-24(21)27)18(2)30-20-6-5-13-29-16-20/h7,17-18,20-25,28H,5-6,8-16H2,1-4H3/t17-,18+,20?,21+,22-,23+,24+,25-,26-,27+/m1/s1. The minimum Gasteiger partial charge on any atom is -0.393 e. The highest BCUT2D eigenvalue weighted by atomic mass is 16.5. The Balaban J connectivity index is 1.34. The molecule has 0 aromatic heterocycles. The Morgan fingerprint density at radius 1 is 1.17 bits per heavy atom. The van der Waals surface area contributed by atoms with Crippen LogP contribution in [0.15, 0.2) is 11.6 Å². The highest BCUT2D eigenvalue weighted by molar-refractivity contribution is 5.26. The summed E-state index contributed by atoms with van der Waals surface area (Å²) in [6, 6.07) is 0. The van der Waals surface area contributed by atoms with E-state index in [-0.39, 0.29) is 6.10 Å². The van der Waals surface area contributed by atoms with Crippen LogP contribution in [-0.4, -0.2) is 36.6 Å². The quantitative estimate of drug-likeness (QED) is 0.595. The first-order chi connectivity index (χ1) is 14.3. The lowest BCUT2D eigenvalue weighted by Gasteiger charge is -2.59. The van der Waals surface area contributed by atoms with E-state index in [0.29, 0.717) is 34.9 Å². The van der Waals surface area contributed by atoms with Crippen LogP contribution in [0.25, 0.3) is 0 Å². The Hall–Kier alpha value is -0.380. The molecule has 1 unspecified atom stereocenters. The third-order valence-corrected chi connectivity index (χ3v) is 10.6. The maximum atomic E-state index is 10.5. The number of ether oxygens (including phenoxy) is 2. The van der Waals surface area contributed by atoms with E-state index in [2.05, 4.69) is 33.8 Å². The molecule has 0 aromatic carbocycles. The van der Waals surface area contributed by atoms with E-state index in [1.807, 2.05) is 0 Å². The highest BCUT2D eigenvalue weighted by Gasteiger charge is 2.60. The molecule has 1 N–H and O–H groups in total. The van der Waals surface area contributed by atoms with Crippen molar-refractivity contribution < 1.29 is 14.6 Å². The molecule has 5 rings (SSSR count). The van der Waals surface area contributed by atoms with Crippen LogP contribution in [0.5, 0.6) is 0 Å². The van der Waals surface area contributed by atoms with Crippen molar-refractivity contribution in [1.82, 2.24) is 0 Å². The van der Waals surface area contributed by atoms with Gasteiger partial charge in [-0.25, -0.2) is 0 Å². The molecule has 170 valence electrons. The number of fused-ring (bicyclic) bond motifs is 5. The lowest BCUT2D eigenvalue weighted by atomic mass is 9.46. The van der Waals surface area contributed by atoms with Gasteiger partial charge in [0, 0.05) is 6.61 Å². The van der Waals surface area contributed by atoms with Gasteiger partial charge < -0.3 is 14.6 Å². The summed E-state index contributed by atoms with van der Waals surface area (Å²) in [5.74, 6) is 3.60. The van der Waals surface area contributed by atoms with Gasteiger partial charge in [0.25, 0.3) is 0 Å². The van der Waals surface area contributed by atoms with Crippen LogP contribution in [0.3, 0.4) is 0 Å². The zero-order chi connectivity index (χ0) is 21.1. The number of hydrogen-bond acceptors (Lipinski definition) is 3. The predicted octanol–water partition coefficient (Wildman–Crippen LogP) is 5.76. The van der Waals surface area contributed by atoms with E-state index in [0.717, 1.165) is 50.2 Å². The molecule has 1 heterocycles. The summed E-state index contributed by atoms with van der Waals surface area (Å²) in [5.41, 5.74) is 2.33. The Morgan fingerprint density at radius 3 is 2.77 bits per heavy atom. The maximum Gasteiger partial charge on any atom is 0.0813 e. The summed E-state index contributed by atoms with van der Waals surface area (Å²) in [6.07, 6.45) is 14.2. The van der Waals surface area contributed by atoms with Crippen LogP contribution in [-0.2, 0) is 9.47 Å². The second-order valence-corrected chi connectivity index (χ2v) is 12.1. The Labute approximate surface area is 184 Å². The molecule has 0 aromatic rings. The van der Waals surface area contributed by atoms with Gasteiger partial charge in [0.05, 0.1) is 24.9 Å². The summed E-state index contributed by atoms with van der Waals surface area (Å²) < 4.78 is 12.3. The number of allylic oxidation sites excluding steroid dienone is 1. The average Bonchev–Trinajstić information content (AvgIpc) is 3.07. The Kier molecular flexibility index (Phi) is 5.64. The van der Waals surface area contributed by atoms with Gasteiger partial charge in [0.2, 0.25) is 0 Å². The number of rotatable bonds is 3. The van der Waals surface area contributed by atoms with Gasteiger partial charge in [-0.2, -0.15) is 0 Å². The van der Waals surface area contributed by atoms with Crippen molar-refractivity contribution in [3.8, 4) is 0 Å². The van der Waals surface area contributed by atoms with Gasteiger partial charge in [0.15, 0.2) is 0 Å². The summed E-state index contributed by atoms with van der Waals surface area (Å²) in [5, 5.41) is 10.5. The molecule has 10 atom stereocenters. The Bertz CT molecular complexity index is 667. The summed E-state index contributed by atoms with van der Waals surface area (Å²) in [7, 11) is 0. The van der Waals surface area contributed by atoms with E-state index >= 15 is 0 Å². The van der Waals surface area contributed by atoms with E-state index < -0.39 is 0 Å². The van der Waals surface area contributed by atoms with Crippen LogP contribution in [0.1, 0.15) is 85.5 Å². The first kappa shape index (κ1) is 21.5. The van der Waals surface area contributed by atoms with Crippen molar-refractivity contribution in [3.63, 3.8) is 0 Å². The number of hydrogen-bond donors (Lipinski definition) is 1. The largest absolute Gasteiger partial charge is 0.393 e. The fourth-order valence-corrected chi connectivity index (χ4v) is 9.02. The number of aliphatic hydroxyl groups is 1. The molecule has 3 nitrogen and oxygen atoms in total. The molecule has 1 aliphatic heterocycles. The topological polar surface area (TPSA) is 38.7 Å². The van der Waals surface area contributed by atoms with Crippen molar-refractivity contribution in [2.45, 2.75) is 104 Å². The first-order valence-corrected chi connectivity index (χ1v) is 12.9. The van der Waals surface area contributed by atoms with Crippen LogP contribution in [0.4, 0.5) is 0 Å². The first-order valence-electron chi connectivity index (χ1n) is 12.9. The van der Waals surface area contributed by atoms with Crippen molar-refractivity contribution in [2.24, 2.45) is 40.4 Å². The lowest BCUT2D eigenvalue weighted by molar-refractivity contribution is -0.125. The van der Waals surface area contributed by atoms with E-state index in [1.54, 1.807) is 5.57 Å². The number of aliphatic hydroxyl groups excluding tert-OH is 1. The van der Waals surface area contributed by atoms with Crippen LogP contribution in [0, 0.1) is 40.4 Å². The van der Waals surface area contributed by atoms with Gasteiger partial charge in [-0.05, 0) is 105 Å². The molecule has 3 saturated carbocycles. The molecule has 1 saturated heterocycles. The lowest BCUT2D eigenvalue weighted by Crippen LogP contribution is -2.52. The zero-order valence-electron chi connectivity index (χ0n) is 19.7. The summed E-state index contributed by atoms with van der Waals surface area (Å²) in [4.78, 5) is 0. The van der Waals surface area contributed by atoms with Crippen LogP contribution < -0.4 is 0 Å². The third-order valence-electron chi connectivity index (χ3n) is 10.6. The maximum absolute atomic E-state index is 10.5. The normalized spacial score (nSPS) is 52.0. The molecular formula is C27H44O3.